The van der Waals surface area contributed by atoms with Gasteiger partial charge >= 0.3 is 6.09 Å². The van der Waals surface area contributed by atoms with Crippen LogP contribution in [0.2, 0.25) is 0 Å². The number of rotatable bonds is 10. The SMILES string of the molecule is O=C(CNC(=O)OCc1ccccc1)NC(/C=C/CCO)Cc1ccccc1. The van der Waals surface area contributed by atoms with Gasteiger partial charge in [0.15, 0.2) is 0 Å². The molecule has 0 bridgehead atoms. The molecule has 0 radical (unpaired) electrons. The molecule has 0 spiro atoms. The van der Waals surface area contributed by atoms with Crippen LogP contribution in [0.15, 0.2) is 72.8 Å². The van der Waals surface area contributed by atoms with Crippen molar-refractivity contribution in [1.82, 2.24) is 10.6 Å². The maximum absolute atomic E-state index is 12.2. The van der Waals surface area contributed by atoms with Crippen molar-refractivity contribution in [2.24, 2.45) is 0 Å². The first kappa shape index (κ1) is 21.2. The largest absolute Gasteiger partial charge is 0.445 e. The summed E-state index contributed by atoms with van der Waals surface area (Å²) in [7, 11) is 0. The van der Waals surface area contributed by atoms with E-state index < -0.39 is 6.09 Å². The molecule has 0 fully saturated rings. The molecule has 6 heteroatoms. The minimum absolute atomic E-state index is 0.0529. The van der Waals surface area contributed by atoms with E-state index in [1.54, 1.807) is 0 Å². The summed E-state index contributed by atoms with van der Waals surface area (Å²) in [4.78, 5) is 23.9. The molecule has 0 aliphatic rings. The van der Waals surface area contributed by atoms with Crippen molar-refractivity contribution in [3.63, 3.8) is 0 Å². The van der Waals surface area contributed by atoms with E-state index in [9.17, 15) is 9.59 Å². The van der Waals surface area contributed by atoms with Crippen molar-refractivity contribution >= 4 is 12.0 Å². The zero-order chi connectivity index (χ0) is 20.0. The summed E-state index contributed by atoms with van der Waals surface area (Å²) in [5, 5.41) is 14.3. The van der Waals surface area contributed by atoms with Gasteiger partial charge in [-0.25, -0.2) is 4.79 Å². The van der Waals surface area contributed by atoms with Crippen molar-refractivity contribution in [3.05, 3.63) is 83.9 Å². The van der Waals surface area contributed by atoms with Crippen LogP contribution in [0.4, 0.5) is 4.79 Å². The summed E-state index contributed by atoms with van der Waals surface area (Å²) in [6, 6.07) is 18.9. The van der Waals surface area contributed by atoms with Crippen LogP contribution in [0.5, 0.6) is 0 Å². The van der Waals surface area contributed by atoms with E-state index in [-0.39, 0.29) is 31.7 Å². The fourth-order valence-electron chi connectivity index (χ4n) is 2.55. The summed E-state index contributed by atoms with van der Waals surface area (Å²) in [5.74, 6) is -0.314. The number of ether oxygens (including phenoxy) is 1. The Morgan fingerprint density at radius 1 is 1.00 bits per heavy atom. The fourth-order valence-corrected chi connectivity index (χ4v) is 2.55. The number of amides is 2. The van der Waals surface area contributed by atoms with Crippen LogP contribution < -0.4 is 10.6 Å². The molecule has 2 amide bonds. The van der Waals surface area contributed by atoms with Gasteiger partial charge in [0.1, 0.15) is 13.2 Å². The summed E-state index contributed by atoms with van der Waals surface area (Å²) in [5.41, 5.74) is 1.95. The predicted octanol–water partition coefficient (Wildman–Crippen LogP) is 2.58. The molecule has 28 heavy (non-hydrogen) atoms. The number of hydrogen-bond donors (Lipinski definition) is 3. The van der Waals surface area contributed by atoms with E-state index in [0.29, 0.717) is 12.8 Å². The number of alkyl carbamates (subject to hydrolysis) is 1. The van der Waals surface area contributed by atoms with Crippen LogP contribution >= 0.6 is 0 Å². The van der Waals surface area contributed by atoms with Gasteiger partial charge in [0.2, 0.25) is 5.91 Å². The molecule has 0 aromatic heterocycles. The van der Waals surface area contributed by atoms with Crippen molar-refractivity contribution < 1.29 is 19.4 Å². The molecule has 0 aliphatic carbocycles. The van der Waals surface area contributed by atoms with Crippen molar-refractivity contribution in [2.75, 3.05) is 13.2 Å². The topological polar surface area (TPSA) is 87.7 Å². The Hall–Kier alpha value is -3.12. The Morgan fingerprint density at radius 2 is 1.64 bits per heavy atom. The summed E-state index contributed by atoms with van der Waals surface area (Å²) in [6.07, 6.45) is 4.18. The molecular weight excluding hydrogens is 356 g/mol. The molecule has 2 aromatic rings. The van der Waals surface area contributed by atoms with Crippen LogP contribution in [0.25, 0.3) is 0 Å². The van der Waals surface area contributed by atoms with Gasteiger partial charge in [-0.05, 0) is 24.0 Å². The molecule has 2 rings (SSSR count). The van der Waals surface area contributed by atoms with Crippen LogP contribution in [0.3, 0.4) is 0 Å². The summed E-state index contributed by atoms with van der Waals surface area (Å²) < 4.78 is 5.09. The standard InChI is InChI=1S/C22H26N2O4/c25-14-8-7-13-20(15-18-9-3-1-4-10-18)24-21(26)16-23-22(27)28-17-19-11-5-2-6-12-19/h1-7,9-13,20,25H,8,14-17H2,(H,23,27)(H,24,26)/b13-7+. The lowest BCUT2D eigenvalue weighted by Crippen LogP contribution is -2.42. The second-order valence-corrected chi connectivity index (χ2v) is 6.22. The number of aliphatic hydroxyl groups is 1. The van der Waals surface area contributed by atoms with Crippen LogP contribution in [-0.4, -0.2) is 36.3 Å². The molecule has 148 valence electrons. The molecule has 1 atom stereocenters. The first-order valence-corrected chi connectivity index (χ1v) is 9.22. The smallest absolute Gasteiger partial charge is 0.407 e. The molecular formula is C22H26N2O4. The molecule has 2 aromatic carbocycles. The van der Waals surface area contributed by atoms with Crippen molar-refractivity contribution in [2.45, 2.75) is 25.5 Å². The number of carbonyl (C=O) groups is 2. The zero-order valence-corrected chi connectivity index (χ0v) is 15.7. The highest BCUT2D eigenvalue weighted by molar-refractivity contribution is 5.82. The lowest BCUT2D eigenvalue weighted by molar-refractivity contribution is -0.120. The number of hydrogen-bond acceptors (Lipinski definition) is 4. The van der Waals surface area contributed by atoms with E-state index in [2.05, 4.69) is 10.6 Å². The van der Waals surface area contributed by atoms with Crippen LogP contribution in [0, 0.1) is 0 Å². The Labute approximate surface area is 165 Å². The van der Waals surface area contributed by atoms with E-state index in [4.69, 9.17) is 9.84 Å². The maximum Gasteiger partial charge on any atom is 0.407 e. The van der Waals surface area contributed by atoms with Crippen molar-refractivity contribution in [3.8, 4) is 0 Å². The zero-order valence-electron chi connectivity index (χ0n) is 15.7. The lowest BCUT2D eigenvalue weighted by atomic mass is 10.1. The van der Waals surface area contributed by atoms with Crippen LogP contribution in [-0.2, 0) is 22.6 Å². The average Bonchev–Trinajstić information content (AvgIpc) is 2.72. The number of nitrogens with one attached hydrogen (secondary N) is 2. The first-order valence-electron chi connectivity index (χ1n) is 9.22. The normalized spacial score (nSPS) is 11.8. The second-order valence-electron chi connectivity index (χ2n) is 6.22. The quantitative estimate of drug-likeness (QED) is 0.551. The molecule has 1 unspecified atom stereocenters. The highest BCUT2D eigenvalue weighted by Crippen LogP contribution is 2.05. The predicted molar refractivity (Wildman–Crippen MR) is 108 cm³/mol. The van der Waals surface area contributed by atoms with Gasteiger partial charge in [-0.2, -0.15) is 0 Å². The third kappa shape index (κ3) is 8.51. The Balaban J connectivity index is 1.78. The van der Waals surface area contributed by atoms with E-state index in [1.165, 1.54) is 0 Å². The number of benzene rings is 2. The lowest BCUT2D eigenvalue weighted by Gasteiger charge is -2.16. The Kier molecular flexibility index (Phi) is 9.31. The van der Waals surface area contributed by atoms with E-state index in [0.717, 1.165) is 11.1 Å². The minimum Gasteiger partial charge on any atom is -0.445 e. The third-order valence-corrected chi connectivity index (χ3v) is 3.92. The molecule has 0 heterocycles. The van der Waals surface area contributed by atoms with Crippen LogP contribution in [0.1, 0.15) is 17.5 Å². The van der Waals surface area contributed by atoms with Crippen molar-refractivity contribution in [1.29, 1.82) is 0 Å². The van der Waals surface area contributed by atoms with Gasteiger partial charge in [-0.3, -0.25) is 4.79 Å². The maximum atomic E-state index is 12.2. The van der Waals surface area contributed by atoms with Gasteiger partial charge in [0.25, 0.3) is 0 Å². The highest BCUT2D eigenvalue weighted by Gasteiger charge is 2.12. The number of aliphatic hydroxyl groups excluding tert-OH is 1. The Morgan fingerprint density at radius 3 is 2.29 bits per heavy atom. The van der Waals surface area contributed by atoms with Gasteiger partial charge in [0.05, 0.1) is 6.04 Å². The van der Waals surface area contributed by atoms with Gasteiger partial charge < -0.3 is 20.5 Å². The fraction of sp³-hybridized carbons (Fsp3) is 0.273. The highest BCUT2D eigenvalue weighted by atomic mass is 16.5. The number of carbonyl (C=O) groups excluding carboxylic acids is 2. The van der Waals surface area contributed by atoms with Gasteiger partial charge in [-0.15, -0.1) is 0 Å². The Bertz CT molecular complexity index is 748. The molecule has 0 saturated heterocycles. The van der Waals surface area contributed by atoms with E-state index in [1.807, 2.05) is 72.8 Å². The minimum atomic E-state index is -0.644. The monoisotopic (exact) mass is 382 g/mol. The van der Waals surface area contributed by atoms with Gasteiger partial charge in [-0.1, -0.05) is 72.8 Å². The first-order chi connectivity index (χ1) is 13.7. The molecule has 3 N–H and O–H groups in total. The van der Waals surface area contributed by atoms with E-state index >= 15 is 0 Å². The third-order valence-electron chi connectivity index (χ3n) is 3.92. The van der Waals surface area contributed by atoms with Gasteiger partial charge in [0, 0.05) is 6.61 Å². The molecule has 6 nitrogen and oxygen atoms in total. The summed E-state index contributed by atoms with van der Waals surface area (Å²) >= 11 is 0. The second kappa shape index (κ2) is 12.3. The molecule has 0 aliphatic heterocycles. The molecule has 0 saturated carbocycles. The average molecular weight is 382 g/mol. The summed E-state index contributed by atoms with van der Waals surface area (Å²) in [6.45, 7) is 0.0267.